The highest BCUT2D eigenvalue weighted by molar-refractivity contribution is 7.11. The number of esters is 1. The molecule has 0 radical (unpaired) electrons. The summed E-state index contributed by atoms with van der Waals surface area (Å²) in [5.74, 6) is -0.200. The van der Waals surface area contributed by atoms with Gasteiger partial charge in [0.1, 0.15) is 4.88 Å². The lowest BCUT2D eigenvalue weighted by Gasteiger charge is -2.35. The molecule has 0 saturated carbocycles. The Morgan fingerprint density at radius 2 is 1.86 bits per heavy atom. The quantitative estimate of drug-likeness (QED) is 0.733. The number of hydrogen-bond donors (Lipinski definition) is 1. The fourth-order valence-electron chi connectivity index (χ4n) is 3.83. The molecule has 0 aromatic carbocycles. The molecule has 2 aliphatic heterocycles. The van der Waals surface area contributed by atoms with Crippen LogP contribution in [-0.4, -0.2) is 78.4 Å². The Labute approximate surface area is 169 Å². The second-order valence-corrected chi connectivity index (χ2v) is 8.32. The Balaban J connectivity index is 1.38. The highest BCUT2D eigenvalue weighted by atomic mass is 32.1. The zero-order valence-electron chi connectivity index (χ0n) is 16.5. The molecule has 0 unspecified atom stereocenters. The summed E-state index contributed by atoms with van der Waals surface area (Å²) in [7, 11) is 1.41. The van der Waals surface area contributed by atoms with Gasteiger partial charge in [0.05, 0.1) is 30.8 Å². The van der Waals surface area contributed by atoms with E-state index in [4.69, 9.17) is 4.74 Å². The number of carbonyl (C=O) groups excluding carboxylic acids is 3. The second-order valence-electron chi connectivity index (χ2n) is 7.47. The van der Waals surface area contributed by atoms with Crippen LogP contribution in [0.5, 0.6) is 0 Å². The van der Waals surface area contributed by atoms with Crippen LogP contribution in [0.1, 0.15) is 41.0 Å². The van der Waals surface area contributed by atoms with Gasteiger partial charge in [0.25, 0.3) is 5.91 Å². The number of piperidine rings is 2. The van der Waals surface area contributed by atoms with Crippen molar-refractivity contribution in [3.05, 3.63) is 16.1 Å². The number of nitrogens with one attached hydrogen (secondary N) is 1. The van der Waals surface area contributed by atoms with Crippen LogP contribution in [0.15, 0.2) is 5.51 Å². The molecule has 1 aromatic heterocycles. The molecule has 0 aliphatic carbocycles. The number of nitrogens with zero attached hydrogens (tertiary/aromatic N) is 3. The minimum Gasteiger partial charge on any atom is -0.469 e. The number of methoxy groups -OCH3 is 1. The Morgan fingerprint density at radius 1 is 1.18 bits per heavy atom. The van der Waals surface area contributed by atoms with Gasteiger partial charge in [-0.05, 0) is 32.6 Å². The Morgan fingerprint density at radius 3 is 2.43 bits per heavy atom. The summed E-state index contributed by atoms with van der Waals surface area (Å²) in [5.41, 5.74) is 2.45. The lowest BCUT2D eigenvalue weighted by Crippen LogP contribution is -2.49. The van der Waals surface area contributed by atoms with E-state index in [2.05, 4.69) is 15.2 Å². The van der Waals surface area contributed by atoms with Crippen molar-refractivity contribution < 1.29 is 19.1 Å². The molecule has 9 heteroatoms. The molecule has 28 heavy (non-hydrogen) atoms. The van der Waals surface area contributed by atoms with Gasteiger partial charge in [-0.3, -0.25) is 19.3 Å². The van der Waals surface area contributed by atoms with Crippen molar-refractivity contribution in [1.82, 2.24) is 20.1 Å². The number of carbonyl (C=O) groups is 3. The molecule has 0 atom stereocenters. The third-order valence-electron chi connectivity index (χ3n) is 5.62. The predicted molar refractivity (Wildman–Crippen MR) is 105 cm³/mol. The zero-order chi connectivity index (χ0) is 20.1. The number of thiazole rings is 1. The van der Waals surface area contributed by atoms with Gasteiger partial charge < -0.3 is 15.0 Å². The van der Waals surface area contributed by atoms with Crippen molar-refractivity contribution in [1.29, 1.82) is 0 Å². The van der Waals surface area contributed by atoms with Crippen LogP contribution in [0.25, 0.3) is 0 Å². The lowest BCUT2D eigenvalue weighted by molar-refractivity contribution is -0.149. The summed E-state index contributed by atoms with van der Waals surface area (Å²) < 4.78 is 4.79. The van der Waals surface area contributed by atoms with Crippen molar-refractivity contribution in [3.8, 4) is 0 Å². The molecule has 3 heterocycles. The third kappa shape index (κ3) is 5.08. The van der Waals surface area contributed by atoms with Crippen LogP contribution in [-0.2, 0) is 14.3 Å². The van der Waals surface area contributed by atoms with E-state index in [-0.39, 0.29) is 29.7 Å². The van der Waals surface area contributed by atoms with Gasteiger partial charge >= 0.3 is 5.97 Å². The summed E-state index contributed by atoms with van der Waals surface area (Å²) in [6, 6.07) is 0.135. The molecule has 2 saturated heterocycles. The average molecular weight is 409 g/mol. The van der Waals surface area contributed by atoms with Gasteiger partial charge in [-0.25, -0.2) is 4.98 Å². The number of rotatable bonds is 5. The molecule has 1 N–H and O–H groups in total. The maximum atomic E-state index is 12.6. The molecular weight excluding hydrogens is 380 g/mol. The van der Waals surface area contributed by atoms with Crippen molar-refractivity contribution in [2.75, 3.05) is 39.8 Å². The number of aromatic nitrogens is 1. The Kier molecular flexibility index (Phi) is 7.01. The summed E-state index contributed by atoms with van der Waals surface area (Å²) in [4.78, 5) is 45.3. The van der Waals surface area contributed by atoms with Crippen LogP contribution >= 0.6 is 11.3 Å². The summed E-state index contributed by atoms with van der Waals surface area (Å²) in [6.45, 7) is 5.04. The van der Waals surface area contributed by atoms with Gasteiger partial charge in [-0.2, -0.15) is 0 Å². The van der Waals surface area contributed by atoms with E-state index < -0.39 is 0 Å². The topological polar surface area (TPSA) is 91.8 Å². The van der Waals surface area contributed by atoms with Crippen LogP contribution < -0.4 is 5.32 Å². The monoisotopic (exact) mass is 408 g/mol. The number of likely N-dealkylation sites (tertiary alicyclic amines) is 2. The number of aryl methyl sites for hydroxylation is 1. The highest BCUT2D eigenvalue weighted by Gasteiger charge is 2.29. The van der Waals surface area contributed by atoms with Crippen LogP contribution in [0.4, 0.5) is 0 Å². The van der Waals surface area contributed by atoms with Gasteiger partial charge in [-0.15, -0.1) is 11.3 Å². The third-order valence-corrected chi connectivity index (χ3v) is 6.54. The molecule has 8 nitrogen and oxygen atoms in total. The molecule has 0 spiro atoms. The summed E-state index contributed by atoms with van der Waals surface area (Å²) in [5, 5.41) is 3.09. The van der Waals surface area contributed by atoms with E-state index in [1.165, 1.54) is 18.4 Å². The molecule has 154 valence electrons. The smallest absolute Gasteiger partial charge is 0.308 e. The van der Waals surface area contributed by atoms with E-state index in [0.29, 0.717) is 37.4 Å². The molecule has 2 aliphatic rings. The molecule has 1 aromatic rings. The van der Waals surface area contributed by atoms with Gasteiger partial charge in [0.15, 0.2) is 0 Å². The normalized spacial score (nSPS) is 19.4. The van der Waals surface area contributed by atoms with Gasteiger partial charge in [-0.1, -0.05) is 0 Å². The first-order chi connectivity index (χ1) is 13.5. The van der Waals surface area contributed by atoms with Crippen molar-refractivity contribution in [2.45, 2.75) is 38.6 Å². The van der Waals surface area contributed by atoms with E-state index in [9.17, 15) is 14.4 Å². The second kappa shape index (κ2) is 9.47. The first kappa shape index (κ1) is 20.7. The van der Waals surface area contributed by atoms with Gasteiger partial charge in [0.2, 0.25) is 5.91 Å². The van der Waals surface area contributed by atoms with Crippen LogP contribution in [0.3, 0.4) is 0 Å². The summed E-state index contributed by atoms with van der Waals surface area (Å²) >= 11 is 1.36. The Bertz CT molecular complexity index is 707. The minimum absolute atomic E-state index is 0.0528. The molecule has 2 amide bonds. The summed E-state index contributed by atoms with van der Waals surface area (Å²) in [6.07, 6.45) is 3.01. The van der Waals surface area contributed by atoms with Crippen molar-refractivity contribution in [3.63, 3.8) is 0 Å². The number of hydrogen-bond acceptors (Lipinski definition) is 7. The number of ether oxygens (including phenoxy) is 1. The lowest BCUT2D eigenvalue weighted by atomic mass is 9.97. The van der Waals surface area contributed by atoms with Crippen LogP contribution in [0.2, 0.25) is 0 Å². The van der Waals surface area contributed by atoms with E-state index in [1.807, 2.05) is 11.8 Å². The van der Waals surface area contributed by atoms with E-state index in [1.54, 1.807) is 5.51 Å². The van der Waals surface area contributed by atoms with E-state index in [0.717, 1.165) is 31.6 Å². The molecular formula is C19H28N4O4S. The first-order valence-electron chi connectivity index (χ1n) is 9.77. The fraction of sp³-hybridized carbons (Fsp3) is 0.684. The molecule has 0 bridgehead atoms. The number of amides is 2. The first-order valence-corrected chi connectivity index (χ1v) is 10.6. The minimum atomic E-state index is -0.176. The highest BCUT2D eigenvalue weighted by Crippen LogP contribution is 2.19. The maximum absolute atomic E-state index is 12.6. The molecule has 2 fully saturated rings. The fourth-order valence-corrected chi connectivity index (χ4v) is 4.53. The van der Waals surface area contributed by atoms with E-state index >= 15 is 0 Å². The van der Waals surface area contributed by atoms with Crippen molar-refractivity contribution in [2.24, 2.45) is 5.92 Å². The molecule has 3 rings (SSSR count). The Hall–Kier alpha value is -2.00. The maximum Gasteiger partial charge on any atom is 0.308 e. The van der Waals surface area contributed by atoms with Crippen molar-refractivity contribution >= 4 is 29.1 Å². The standard InChI is InChI=1S/C19H28N4O4S/c1-13-17(28-12-20-13)18(25)21-15-5-7-22(8-6-15)11-16(24)23-9-3-14(4-10-23)19(26)27-2/h12,14-15H,3-11H2,1-2H3,(H,21,25). The predicted octanol–water partition coefficient (Wildman–Crippen LogP) is 1.06. The zero-order valence-corrected chi connectivity index (χ0v) is 17.3. The SMILES string of the molecule is COC(=O)C1CCN(C(=O)CN2CCC(NC(=O)c3scnc3C)CC2)CC1. The van der Waals surface area contributed by atoms with Crippen LogP contribution in [0, 0.1) is 12.8 Å². The largest absolute Gasteiger partial charge is 0.469 e. The van der Waals surface area contributed by atoms with Gasteiger partial charge in [0, 0.05) is 32.2 Å². The average Bonchev–Trinajstić information content (AvgIpc) is 3.15.